The summed E-state index contributed by atoms with van der Waals surface area (Å²) in [7, 11) is 0. The summed E-state index contributed by atoms with van der Waals surface area (Å²) >= 11 is 0. The van der Waals surface area contributed by atoms with E-state index in [0.29, 0.717) is 26.1 Å². The largest absolute Gasteiger partial charge is 0.481 e. The molecule has 1 saturated carbocycles. The summed E-state index contributed by atoms with van der Waals surface area (Å²) in [5.74, 6) is -0.350. The van der Waals surface area contributed by atoms with Crippen LogP contribution in [0, 0.1) is 11.8 Å². The Morgan fingerprint density at radius 1 is 0.909 bits per heavy atom. The van der Waals surface area contributed by atoms with Crippen LogP contribution in [-0.4, -0.2) is 53.7 Å². The van der Waals surface area contributed by atoms with Crippen LogP contribution in [0.2, 0.25) is 0 Å². The molecule has 7 nitrogen and oxygen atoms in total. The van der Waals surface area contributed by atoms with Crippen molar-refractivity contribution in [2.24, 2.45) is 11.8 Å². The van der Waals surface area contributed by atoms with Gasteiger partial charge in [-0.15, -0.1) is 0 Å². The van der Waals surface area contributed by atoms with Crippen molar-refractivity contribution in [3.63, 3.8) is 0 Å². The molecule has 1 saturated heterocycles. The fourth-order valence-corrected chi connectivity index (χ4v) is 5.35. The first-order valence-corrected chi connectivity index (χ1v) is 11.6. The normalized spacial score (nSPS) is 21.4. The lowest BCUT2D eigenvalue weighted by atomic mass is 9.77. The molecule has 3 aliphatic rings. The van der Waals surface area contributed by atoms with Crippen LogP contribution in [0.1, 0.15) is 42.7 Å². The Kier molecular flexibility index (Phi) is 5.79. The average Bonchev–Trinajstić information content (AvgIpc) is 3.06. The number of aliphatic carboxylic acids is 1. The first-order valence-electron chi connectivity index (χ1n) is 11.6. The minimum atomic E-state index is -0.812. The number of hydrogen-bond acceptors (Lipinski definition) is 4. The van der Waals surface area contributed by atoms with Gasteiger partial charge in [-0.2, -0.15) is 0 Å². The number of fused-ring (bicyclic) bond motifs is 3. The van der Waals surface area contributed by atoms with Crippen LogP contribution in [0.25, 0.3) is 11.1 Å². The summed E-state index contributed by atoms with van der Waals surface area (Å²) in [5, 5.41) is 11.7. The maximum Gasteiger partial charge on any atom is 0.407 e. The highest BCUT2D eigenvalue weighted by Crippen LogP contribution is 2.44. The SMILES string of the molecule is O=C(O)CC1CN(C(=O)CC2CC(NC(=O)OCC3c4ccccc4-c4ccccc43)C2)C1. The molecule has 0 aromatic heterocycles. The molecule has 2 amide bonds. The Morgan fingerprint density at radius 3 is 2.12 bits per heavy atom. The Hall–Kier alpha value is -3.35. The Morgan fingerprint density at radius 2 is 1.52 bits per heavy atom. The first-order chi connectivity index (χ1) is 16.0. The molecule has 2 aliphatic carbocycles. The molecule has 2 aromatic rings. The maximum absolute atomic E-state index is 12.4. The Labute approximate surface area is 192 Å². The lowest BCUT2D eigenvalue weighted by Gasteiger charge is -2.41. The van der Waals surface area contributed by atoms with E-state index in [1.54, 1.807) is 4.90 Å². The zero-order valence-corrected chi connectivity index (χ0v) is 18.4. The number of alkyl carbamates (subject to hydrolysis) is 1. The predicted octanol–water partition coefficient (Wildman–Crippen LogP) is 3.63. The molecule has 0 atom stereocenters. The van der Waals surface area contributed by atoms with Crippen molar-refractivity contribution in [3.05, 3.63) is 59.7 Å². The maximum atomic E-state index is 12.4. The van der Waals surface area contributed by atoms with E-state index in [9.17, 15) is 14.4 Å². The summed E-state index contributed by atoms with van der Waals surface area (Å²) < 4.78 is 5.60. The number of nitrogens with zero attached hydrogens (tertiary/aromatic N) is 1. The summed E-state index contributed by atoms with van der Waals surface area (Å²) in [6, 6.07) is 16.5. The number of nitrogens with one attached hydrogen (secondary N) is 1. The number of rotatable bonds is 7. The summed E-state index contributed by atoms with van der Waals surface area (Å²) in [6.07, 6.45) is 1.71. The van der Waals surface area contributed by atoms with Gasteiger partial charge in [-0.3, -0.25) is 9.59 Å². The topological polar surface area (TPSA) is 95.9 Å². The van der Waals surface area contributed by atoms with Crippen molar-refractivity contribution in [2.45, 2.75) is 37.6 Å². The van der Waals surface area contributed by atoms with Crippen molar-refractivity contribution < 1.29 is 24.2 Å². The van der Waals surface area contributed by atoms with E-state index < -0.39 is 12.1 Å². The fourth-order valence-electron chi connectivity index (χ4n) is 5.35. The van der Waals surface area contributed by atoms with E-state index in [-0.39, 0.29) is 36.1 Å². The van der Waals surface area contributed by atoms with E-state index in [1.165, 1.54) is 22.3 Å². The molecule has 0 radical (unpaired) electrons. The van der Waals surface area contributed by atoms with Gasteiger partial charge >= 0.3 is 12.1 Å². The molecule has 0 bridgehead atoms. The summed E-state index contributed by atoms with van der Waals surface area (Å²) in [6.45, 7) is 1.37. The van der Waals surface area contributed by atoms with E-state index in [2.05, 4.69) is 29.6 Å². The minimum absolute atomic E-state index is 0.0367. The minimum Gasteiger partial charge on any atom is -0.481 e. The van der Waals surface area contributed by atoms with E-state index in [0.717, 1.165) is 12.8 Å². The van der Waals surface area contributed by atoms with Crippen molar-refractivity contribution in [1.29, 1.82) is 0 Å². The zero-order chi connectivity index (χ0) is 22.9. The van der Waals surface area contributed by atoms with Crippen LogP contribution in [0.4, 0.5) is 4.79 Å². The van der Waals surface area contributed by atoms with Gasteiger partial charge in [0.15, 0.2) is 0 Å². The molecule has 7 heteroatoms. The summed E-state index contributed by atoms with van der Waals surface area (Å²) in [4.78, 5) is 37.1. The third-order valence-electron chi connectivity index (χ3n) is 7.14. The smallest absolute Gasteiger partial charge is 0.407 e. The number of carbonyl (C=O) groups excluding carboxylic acids is 2. The van der Waals surface area contributed by atoms with E-state index >= 15 is 0 Å². The van der Waals surface area contributed by atoms with Gasteiger partial charge in [-0.1, -0.05) is 48.5 Å². The number of carbonyl (C=O) groups is 3. The number of carboxylic acid groups (broad SMARTS) is 1. The van der Waals surface area contributed by atoms with Gasteiger partial charge in [0.2, 0.25) is 5.91 Å². The molecule has 1 aliphatic heterocycles. The van der Waals surface area contributed by atoms with Crippen molar-refractivity contribution >= 4 is 18.0 Å². The van der Waals surface area contributed by atoms with Crippen molar-refractivity contribution in [1.82, 2.24) is 10.2 Å². The van der Waals surface area contributed by atoms with Gasteiger partial charge in [-0.25, -0.2) is 4.79 Å². The highest BCUT2D eigenvalue weighted by molar-refractivity contribution is 5.79. The second-order valence-corrected chi connectivity index (χ2v) is 9.47. The quantitative estimate of drug-likeness (QED) is 0.674. The standard InChI is InChI=1S/C26H28N2O5/c29-24(28-13-17(14-28)12-25(30)31)11-16-9-18(10-16)27-26(32)33-15-23-21-7-3-1-5-19(21)20-6-2-4-8-22(20)23/h1-8,16-18,23H,9-15H2,(H,27,32)(H,30,31). The molecule has 5 rings (SSSR count). The van der Waals surface area contributed by atoms with Crippen LogP contribution in [0.15, 0.2) is 48.5 Å². The van der Waals surface area contributed by atoms with Crippen LogP contribution in [0.3, 0.4) is 0 Å². The monoisotopic (exact) mass is 448 g/mol. The van der Waals surface area contributed by atoms with Crippen LogP contribution in [-0.2, 0) is 14.3 Å². The lowest BCUT2D eigenvalue weighted by Crippen LogP contribution is -2.52. The molecular formula is C26H28N2O5. The zero-order valence-electron chi connectivity index (χ0n) is 18.4. The van der Waals surface area contributed by atoms with Gasteiger partial charge in [0.1, 0.15) is 6.61 Å². The second-order valence-electron chi connectivity index (χ2n) is 9.47. The second kappa shape index (κ2) is 8.89. The molecule has 2 N–H and O–H groups in total. The molecule has 0 unspecified atom stereocenters. The summed E-state index contributed by atoms with van der Waals surface area (Å²) in [5.41, 5.74) is 4.77. The highest BCUT2D eigenvalue weighted by atomic mass is 16.5. The third kappa shape index (κ3) is 4.45. The average molecular weight is 449 g/mol. The molecule has 172 valence electrons. The third-order valence-corrected chi connectivity index (χ3v) is 7.14. The van der Waals surface area contributed by atoms with Gasteiger partial charge in [-0.05, 0) is 41.0 Å². The molecule has 2 aromatic carbocycles. The molecule has 0 spiro atoms. The number of amides is 2. The number of ether oxygens (including phenoxy) is 1. The van der Waals surface area contributed by atoms with Gasteiger partial charge in [0.25, 0.3) is 0 Å². The predicted molar refractivity (Wildman–Crippen MR) is 122 cm³/mol. The van der Waals surface area contributed by atoms with E-state index in [1.807, 2.05) is 24.3 Å². The van der Waals surface area contributed by atoms with Crippen molar-refractivity contribution in [2.75, 3.05) is 19.7 Å². The Balaban J connectivity index is 1.05. The number of likely N-dealkylation sites (tertiary alicyclic amines) is 1. The van der Waals surface area contributed by atoms with Gasteiger partial charge in [0, 0.05) is 37.4 Å². The lowest BCUT2D eigenvalue weighted by molar-refractivity contribution is -0.146. The molecule has 2 fully saturated rings. The van der Waals surface area contributed by atoms with Gasteiger partial charge < -0.3 is 20.1 Å². The fraction of sp³-hybridized carbons (Fsp3) is 0.423. The molecule has 33 heavy (non-hydrogen) atoms. The van der Waals surface area contributed by atoms with Crippen LogP contribution < -0.4 is 5.32 Å². The highest BCUT2D eigenvalue weighted by Gasteiger charge is 2.37. The number of carboxylic acids is 1. The Bertz CT molecular complexity index is 1030. The van der Waals surface area contributed by atoms with Crippen LogP contribution in [0.5, 0.6) is 0 Å². The number of benzene rings is 2. The van der Waals surface area contributed by atoms with Gasteiger partial charge in [0.05, 0.1) is 6.42 Å². The molecule has 1 heterocycles. The first kappa shape index (κ1) is 21.5. The van der Waals surface area contributed by atoms with Crippen molar-refractivity contribution in [3.8, 4) is 11.1 Å². The molecular weight excluding hydrogens is 420 g/mol. The number of hydrogen-bond donors (Lipinski definition) is 2. The van der Waals surface area contributed by atoms with Crippen LogP contribution >= 0.6 is 0 Å². The van der Waals surface area contributed by atoms with E-state index in [4.69, 9.17) is 9.84 Å².